The van der Waals surface area contributed by atoms with E-state index in [0.29, 0.717) is 16.6 Å². The fourth-order valence-electron chi connectivity index (χ4n) is 1.30. The molecule has 1 saturated heterocycles. The monoisotopic (exact) mass is 279 g/mol. The summed E-state index contributed by atoms with van der Waals surface area (Å²) >= 11 is 1.14. The van der Waals surface area contributed by atoms with Crippen molar-refractivity contribution < 1.29 is 14.1 Å². The molecule has 1 amide bonds. The van der Waals surface area contributed by atoms with E-state index in [1.54, 1.807) is 6.08 Å². The molecule has 0 radical (unpaired) electrons. The summed E-state index contributed by atoms with van der Waals surface area (Å²) in [5.41, 5.74) is 0. The van der Waals surface area contributed by atoms with Crippen molar-refractivity contribution in [1.82, 2.24) is 5.32 Å². The van der Waals surface area contributed by atoms with Crippen molar-refractivity contribution in [2.24, 2.45) is 4.99 Å². The first-order valence-electron chi connectivity index (χ1n) is 5.20. The Morgan fingerprint density at radius 2 is 2.37 bits per heavy atom. The van der Waals surface area contributed by atoms with Crippen LogP contribution in [0.2, 0.25) is 0 Å². The summed E-state index contributed by atoms with van der Waals surface area (Å²) in [6.45, 7) is 3.93. The smallest absolute Gasteiger partial charge is 0.401 e. The van der Waals surface area contributed by atoms with Gasteiger partial charge in [-0.2, -0.15) is 0 Å². The molecule has 8 heteroatoms. The molecule has 1 aliphatic heterocycles. The first-order chi connectivity index (χ1) is 9.10. The average molecular weight is 279 g/mol. The number of thioether (sulfide) groups is 1. The fourth-order valence-corrected chi connectivity index (χ4v) is 2.11. The number of hydrogen-bond donors (Lipinski definition) is 1. The maximum Gasteiger partial charge on any atom is 0.433 e. The number of rotatable bonds is 4. The number of nitrogens with one attached hydrogen (secondary N) is 1. The molecule has 1 aliphatic rings. The summed E-state index contributed by atoms with van der Waals surface area (Å²) in [4.78, 5) is 25.9. The lowest BCUT2D eigenvalue weighted by Gasteiger charge is -1.90. The average Bonchev–Trinajstić information content (AvgIpc) is 2.95. The molecular weight excluding hydrogens is 270 g/mol. The standard InChI is InChI=1S/C11H9N3O4S/c1-2-5-12-11-13-10(15)8(19-11)6-7-3-4-9(18-7)14(16)17/h2-4,6H,1,5H2,(H,12,13,15)/b8-6-. The van der Waals surface area contributed by atoms with Crippen molar-refractivity contribution in [2.75, 3.05) is 6.54 Å². The second-order valence-electron chi connectivity index (χ2n) is 3.43. The Morgan fingerprint density at radius 1 is 1.58 bits per heavy atom. The molecule has 7 nitrogen and oxygen atoms in total. The van der Waals surface area contributed by atoms with Crippen LogP contribution in [0.5, 0.6) is 0 Å². The van der Waals surface area contributed by atoms with Crippen molar-refractivity contribution in [3.05, 3.63) is 45.6 Å². The van der Waals surface area contributed by atoms with Crippen LogP contribution in [0.25, 0.3) is 6.08 Å². The van der Waals surface area contributed by atoms with E-state index in [4.69, 9.17) is 4.42 Å². The van der Waals surface area contributed by atoms with E-state index < -0.39 is 4.92 Å². The lowest BCUT2D eigenvalue weighted by Crippen LogP contribution is -2.19. The van der Waals surface area contributed by atoms with Crippen molar-refractivity contribution in [3.8, 4) is 0 Å². The molecule has 0 bridgehead atoms. The molecule has 1 aromatic heterocycles. The van der Waals surface area contributed by atoms with Gasteiger partial charge < -0.3 is 9.73 Å². The quantitative estimate of drug-likeness (QED) is 0.393. The van der Waals surface area contributed by atoms with E-state index in [9.17, 15) is 14.9 Å². The zero-order chi connectivity index (χ0) is 13.8. The summed E-state index contributed by atoms with van der Waals surface area (Å²) in [6.07, 6.45) is 3.04. The van der Waals surface area contributed by atoms with Gasteiger partial charge >= 0.3 is 5.88 Å². The number of nitro groups is 1. The first-order valence-corrected chi connectivity index (χ1v) is 6.02. The summed E-state index contributed by atoms with van der Waals surface area (Å²) < 4.78 is 4.95. The van der Waals surface area contributed by atoms with E-state index in [2.05, 4.69) is 16.9 Å². The van der Waals surface area contributed by atoms with Crippen molar-refractivity contribution in [3.63, 3.8) is 0 Å². The number of amides is 1. The number of carbonyl (C=O) groups is 1. The van der Waals surface area contributed by atoms with E-state index in [0.717, 1.165) is 11.8 Å². The first kappa shape index (κ1) is 13.1. The second-order valence-corrected chi connectivity index (χ2v) is 4.46. The Bertz CT molecular complexity index is 603. The van der Waals surface area contributed by atoms with E-state index in [1.807, 2.05) is 0 Å². The zero-order valence-electron chi connectivity index (χ0n) is 9.66. The summed E-state index contributed by atoms with van der Waals surface area (Å²) in [5, 5.41) is 13.5. The Morgan fingerprint density at radius 3 is 3.00 bits per heavy atom. The Kier molecular flexibility index (Phi) is 3.81. The number of hydrogen-bond acceptors (Lipinski definition) is 6. The minimum absolute atomic E-state index is 0.245. The third kappa shape index (κ3) is 3.10. The Balaban J connectivity index is 2.17. The predicted molar refractivity (Wildman–Crippen MR) is 71.6 cm³/mol. The van der Waals surface area contributed by atoms with Gasteiger partial charge in [-0.1, -0.05) is 6.08 Å². The molecular formula is C11H9N3O4S. The zero-order valence-corrected chi connectivity index (χ0v) is 10.5. The highest BCUT2D eigenvalue weighted by atomic mass is 32.2. The maximum atomic E-state index is 11.6. The van der Waals surface area contributed by atoms with Crippen LogP contribution in [0.3, 0.4) is 0 Å². The number of furan rings is 1. The van der Waals surface area contributed by atoms with Crippen LogP contribution < -0.4 is 5.32 Å². The van der Waals surface area contributed by atoms with Crippen molar-refractivity contribution >= 4 is 34.8 Å². The van der Waals surface area contributed by atoms with Gasteiger partial charge in [-0.15, -0.1) is 6.58 Å². The van der Waals surface area contributed by atoms with Crippen LogP contribution in [0.1, 0.15) is 5.76 Å². The number of amidine groups is 1. The molecule has 1 aromatic rings. The van der Waals surface area contributed by atoms with Crippen LogP contribution in [0, 0.1) is 10.1 Å². The van der Waals surface area contributed by atoms with Crippen LogP contribution in [0.4, 0.5) is 5.88 Å². The third-order valence-corrected chi connectivity index (χ3v) is 3.03. The topological polar surface area (TPSA) is 97.7 Å². The van der Waals surface area contributed by atoms with Crippen LogP contribution in [-0.4, -0.2) is 22.5 Å². The molecule has 0 unspecified atom stereocenters. The van der Waals surface area contributed by atoms with Gasteiger partial charge in [-0.05, 0) is 17.8 Å². The minimum Gasteiger partial charge on any atom is -0.401 e. The van der Waals surface area contributed by atoms with Gasteiger partial charge in [0.2, 0.25) is 0 Å². The van der Waals surface area contributed by atoms with Gasteiger partial charge in [0.05, 0.1) is 17.5 Å². The lowest BCUT2D eigenvalue weighted by molar-refractivity contribution is -0.402. The Hall–Kier alpha value is -2.35. The summed E-state index contributed by atoms with van der Waals surface area (Å²) in [5.74, 6) is -0.433. The highest BCUT2D eigenvalue weighted by molar-refractivity contribution is 8.18. The molecule has 0 atom stereocenters. The third-order valence-electron chi connectivity index (χ3n) is 2.08. The molecule has 2 rings (SSSR count). The Labute approximate surface area is 112 Å². The van der Waals surface area contributed by atoms with Crippen molar-refractivity contribution in [1.29, 1.82) is 0 Å². The van der Waals surface area contributed by atoms with Gasteiger partial charge in [-0.25, -0.2) is 0 Å². The van der Waals surface area contributed by atoms with E-state index in [1.165, 1.54) is 18.2 Å². The van der Waals surface area contributed by atoms with E-state index >= 15 is 0 Å². The van der Waals surface area contributed by atoms with E-state index in [-0.39, 0.29) is 17.6 Å². The van der Waals surface area contributed by atoms with Gasteiger partial charge in [0, 0.05) is 6.08 Å². The maximum absolute atomic E-state index is 11.6. The molecule has 19 heavy (non-hydrogen) atoms. The molecule has 0 saturated carbocycles. The predicted octanol–water partition coefficient (Wildman–Crippen LogP) is 1.93. The van der Waals surface area contributed by atoms with Crippen LogP contribution in [0.15, 0.2) is 39.1 Å². The molecule has 1 fully saturated rings. The second kappa shape index (κ2) is 5.53. The number of carbonyl (C=O) groups excluding carboxylic acids is 1. The lowest BCUT2D eigenvalue weighted by atomic mass is 10.4. The largest absolute Gasteiger partial charge is 0.433 e. The van der Waals surface area contributed by atoms with Gasteiger partial charge in [0.25, 0.3) is 5.91 Å². The molecule has 0 aliphatic carbocycles. The molecule has 98 valence electrons. The highest BCUT2D eigenvalue weighted by Gasteiger charge is 2.24. The summed E-state index contributed by atoms with van der Waals surface area (Å²) in [7, 11) is 0. The van der Waals surface area contributed by atoms with Crippen molar-refractivity contribution in [2.45, 2.75) is 0 Å². The normalized spacial score (nSPS) is 18.8. The van der Waals surface area contributed by atoms with Gasteiger partial charge in [0.15, 0.2) is 5.17 Å². The van der Waals surface area contributed by atoms with Crippen LogP contribution >= 0.6 is 11.8 Å². The van der Waals surface area contributed by atoms with Gasteiger partial charge in [0.1, 0.15) is 10.7 Å². The molecule has 0 aromatic carbocycles. The number of aliphatic imine (C=N–C) groups is 1. The molecule has 2 heterocycles. The molecule has 1 N–H and O–H groups in total. The number of nitrogens with zero attached hydrogens (tertiary/aromatic N) is 2. The van der Waals surface area contributed by atoms with Crippen LogP contribution in [-0.2, 0) is 4.79 Å². The molecule has 0 spiro atoms. The highest BCUT2D eigenvalue weighted by Crippen LogP contribution is 2.27. The SMILES string of the molecule is C=CCN=C1NC(=O)/C(=C/c2ccc([N+](=O)[O-])o2)S1. The fraction of sp³-hybridized carbons (Fsp3) is 0.0909. The summed E-state index contributed by atoms with van der Waals surface area (Å²) in [6, 6.07) is 2.66. The van der Waals surface area contributed by atoms with Gasteiger partial charge in [-0.3, -0.25) is 19.9 Å². The minimum atomic E-state index is -0.638.